The van der Waals surface area contributed by atoms with E-state index in [4.69, 9.17) is 0 Å². The van der Waals surface area contributed by atoms with Gasteiger partial charge in [-0.15, -0.1) is 3.25 Å². The molecule has 0 aliphatic carbocycles. The van der Waals surface area contributed by atoms with Gasteiger partial charge >= 0.3 is 0 Å². The van der Waals surface area contributed by atoms with E-state index in [1.807, 2.05) is 6.92 Å². The minimum Gasteiger partial charge on any atom is -0.219 e. The number of rotatable bonds is 2. The van der Waals surface area contributed by atoms with E-state index >= 15 is 0 Å². The van der Waals surface area contributed by atoms with Crippen LogP contribution in [0.25, 0.3) is 0 Å². The Morgan fingerprint density at radius 3 is 2.86 bits per heavy atom. The number of hydrogen-bond donors (Lipinski definition) is 0. The lowest BCUT2D eigenvalue weighted by atomic mass is 10.9. The van der Waals surface area contributed by atoms with E-state index in [0.717, 1.165) is 0 Å². The Morgan fingerprint density at radius 1 is 1.71 bits per heavy atom. The van der Waals surface area contributed by atoms with Gasteiger partial charge in [0.05, 0.1) is 0 Å². The van der Waals surface area contributed by atoms with Crippen molar-refractivity contribution in [2.45, 2.75) is 6.92 Å². The van der Waals surface area contributed by atoms with Crippen LogP contribution in [0, 0.1) is 0 Å². The first-order chi connectivity index (χ1) is 3.41. The average Bonchev–Trinajstić information content (AvgIpc) is 1.69. The maximum absolute atomic E-state index is 3.66. The third-order valence-corrected chi connectivity index (χ3v) is 0.994. The van der Waals surface area contributed by atoms with E-state index in [-0.39, 0.29) is 0 Å². The third-order valence-electron chi connectivity index (χ3n) is 0.246. The summed E-state index contributed by atoms with van der Waals surface area (Å²) in [6.45, 7) is 5.08. The molecule has 0 rings (SSSR count). The molecular weight excluding hydrogens is 205 g/mol. The highest BCUT2D eigenvalue weighted by Crippen LogP contribution is 1.97. The van der Waals surface area contributed by atoms with Gasteiger partial charge in [-0.25, -0.2) is 3.21 Å². The molecule has 0 aromatic rings. The molecule has 0 radical (unpaired) electrons. The molecule has 0 heterocycles. The summed E-state index contributed by atoms with van der Waals surface area (Å²) in [6.07, 6.45) is 1.63. The smallest absolute Gasteiger partial charge is 0.166 e. The van der Waals surface area contributed by atoms with E-state index in [0.29, 0.717) is 0 Å². The fourth-order valence-corrected chi connectivity index (χ4v) is 0.584. The van der Waals surface area contributed by atoms with Crippen molar-refractivity contribution in [3.63, 3.8) is 0 Å². The van der Waals surface area contributed by atoms with Gasteiger partial charge in [-0.1, -0.05) is 0 Å². The van der Waals surface area contributed by atoms with Crippen LogP contribution in [0.2, 0.25) is 0 Å². The van der Waals surface area contributed by atoms with Crippen molar-refractivity contribution in [2.24, 2.45) is 11.6 Å². The van der Waals surface area contributed by atoms with Gasteiger partial charge in [0.25, 0.3) is 0 Å². The molecule has 0 bridgehead atoms. The first-order valence-corrected chi connectivity index (χ1v) is 3.62. The number of nitrogens with zero attached hydrogens (tertiary/aromatic N) is 3. The molecule has 0 unspecified atom stereocenters. The molecule has 0 spiro atoms. The topological polar surface area (TPSA) is 37.1 Å². The lowest BCUT2D eigenvalue weighted by molar-refractivity contribution is 1.32. The van der Waals surface area contributed by atoms with Crippen LogP contribution in [0.5, 0.6) is 0 Å². The highest BCUT2D eigenvalue weighted by Gasteiger charge is 1.54. The predicted molar refractivity (Wildman–Crippen MR) is 40.2 cm³/mol. The standard InChI is InChI=1S/C3H6IN3/c1-3-6-7-4-5-2/h3H,2H2,1H3/b6-3-. The van der Waals surface area contributed by atoms with E-state index in [2.05, 4.69) is 18.3 Å². The van der Waals surface area contributed by atoms with Gasteiger partial charge in [0.15, 0.2) is 21.3 Å². The van der Waals surface area contributed by atoms with Crippen molar-refractivity contribution >= 4 is 34.2 Å². The second-order valence-electron chi connectivity index (χ2n) is 0.644. The van der Waals surface area contributed by atoms with Crippen LogP contribution >= 0.6 is 21.3 Å². The zero-order chi connectivity index (χ0) is 5.54. The normalized spacial score (nSPS) is 12.1. The molecule has 0 amide bonds. The average molecular weight is 211 g/mol. The Kier molecular flexibility index (Phi) is 5.76. The number of hydrogen-bond acceptors (Lipinski definition) is 2. The second-order valence-corrected chi connectivity index (χ2v) is 2.19. The van der Waals surface area contributed by atoms with Gasteiger partial charge in [0.1, 0.15) is 0 Å². The summed E-state index contributed by atoms with van der Waals surface area (Å²) >= 11 is -0.437. The largest absolute Gasteiger partial charge is 0.219 e. The Morgan fingerprint density at radius 2 is 2.43 bits per heavy atom. The van der Waals surface area contributed by atoms with Crippen LogP contribution < -0.4 is 0 Å². The van der Waals surface area contributed by atoms with Crippen LogP contribution in [-0.4, -0.2) is 12.9 Å². The van der Waals surface area contributed by atoms with Crippen LogP contribution in [0.1, 0.15) is 6.92 Å². The van der Waals surface area contributed by atoms with Gasteiger partial charge < -0.3 is 0 Å². The molecule has 0 N–H and O–H groups in total. The molecule has 4 heteroatoms. The fourth-order valence-electron chi connectivity index (χ4n) is 0.0871. The van der Waals surface area contributed by atoms with Gasteiger partial charge in [-0.2, -0.15) is 5.10 Å². The molecule has 0 saturated heterocycles. The Bertz CT molecular complexity index is 96.4. The van der Waals surface area contributed by atoms with Gasteiger partial charge in [-0.3, -0.25) is 0 Å². The van der Waals surface area contributed by atoms with Crippen LogP contribution in [-0.2, 0) is 0 Å². The summed E-state index contributed by atoms with van der Waals surface area (Å²) in [5, 5.41) is 3.58. The van der Waals surface area contributed by atoms with E-state index in [9.17, 15) is 0 Å². The van der Waals surface area contributed by atoms with Gasteiger partial charge in [0, 0.05) is 6.21 Å². The van der Waals surface area contributed by atoms with Crippen molar-refractivity contribution in [1.29, 1.82) is 0 Å². The van der Waals surface area contributed by atoms with Gasteiger partial charge in [-0.05, 0) is 13.6 Å². The van der Waals surface area contributed by atoms with Crippen molar-refractivity contribution in [2.75, 3.05) is 0 Å². The van der Waals surface area contributed by atoms with Crippen molar-refractivity contribution in [3.8, 4) is 0 Å². The quantitative estimate of drug-likeness (QED) is 0.379. The van der Waals surface area contributed by atoms with E-state index in [1.54, 1.807) is 6.21 Å². The Labute approximate surface area is 53.0 Å². The van der Waals surface area contributed by atoms with Crippen molar-refractivity contribution in [1.82, 2.24) is 0 Å². The molecular formula is C3H6IN3. The summed E-state index contributed by atoms with van der Waals surface area (Å²) in [5.41, 5.74) is 0. The maximum atomic E-state index is 3.66. The zero-order valence-electron chi connectivity index (χ0n) is 4.00. The monoisotopic (exact) mass is 211 g/mol. The molecule has 0 saturated carbocycles. The summed E-state index contributed by atoms with van der Waals surface area (Å²) in [5.74, 6) is 0. The lowest BCUT2D eigenvalue weighted by Gasteiger charge is -1.64. The molecule has 0 aromatic heterocycles. The molecule has 0 aliphatic heterocycles. The highest BCUT2D eigenvalue weighted by atomic mass is 127. The Hall–Kier alpha value is -0.130. The molecule has 0 aromatic carbocycles. The summed E-state index contributed by atoms with van der Waals surface area (Å²) < 4.78 is 7.21. The van der Waals surface area contributed by atoms with Crippen LogP contribution in [0.3, 0.4) is 0 Å². The molecule has 40 valence electrons. The van der Waals surface area contributed by atoms with Gasteiger partial charge in [0.2, 0.25) is 0 Å². The number of halogens is 1. The van der Waals surface area contributed by atoms with Crippen LogP contribution in [0.4, 0.5) is 0 Å². The van der Waals surface area contributed by atoms with E-state index < -0.39 is 21.3 Å². The first kappa shape index (κ1) is 6.87. The maximum Gasteiger partial charge on any atom is 0.166 e. The van der Waals surface area contributed by atoms with Crippen molar-refractivity contribution in [3.05, 3.63) is 0 Å². The lowest BCUT2D eigenvalue weighted by Crippen LogP contribution is -1.46. The molecule has 3 nitrogen and oxygen atoms in total. The molecule has 7 heavy (non-hydrogen) atoms. The minimum absolute atomic E-state index is 0.437. The first-order valence-electron chi connectivity index (χ1n) is 1.69. The van der Waals surface area contributed by atoms with Crippen LogP contribution in [0.15, 0.2) is 11.6 Å². The summed E-state index contributed by atoms with van der Waals surface area (Å²) in [4.78, 5) is 0. The SMILES string of the molecule is C=NI=N/N=C\C. The zero-order valence-corrected chi connectivity index (χ0v) is 6.16. The third kappa shape index (κ3) is 5.87. The molecule has 0 fully saturated rings. The second kappa shape index (κ2) is 5.87. The Balaban J connectivity index is 3.27. The summed E-state index contributed by atoms with van der Waals surface area (Å²) in [6, 6.07) is 0. The van der Waals surface area contributed by atoms with Crippen molar-refractivity contribution < 1.29 is 0 Å². The minimum atomic E-state index is -0.437. The van der Waals surface area contributed by atoms with E-state index in [1.165, 1.54) is 0 Å². The predicted octanol–water partition coefficient (Wildman–Crippen LogP) is 1.76. The fraction of sp³-hybridized carbons (Fsp3) is 0.333. The molecule has 0 aliphatic rings. The summed E-state index contributed by atoms with van der Waals surface area (Å²) in [7, 11) is 0. The highest BCUT2D eigenvalue weighted by molar-refractivity contribution is 14.1. The molecule has 0 atom stereocenters.